The van der Waals surface area contributed by atoms with Crippen LogP contribution in [0.1, 0.15) is 22.3 Å². The lowest BCUT2D eigenvalue weighted by molar-refractivity contribution is 0.794. The van der Waals surface area contributed by atoms with Crippen molar-refractivity contribution in [3.8, 4) is 44.5 Å². The molecule has 0 N–H and O–H groups in total. The molecule has 0 bridgehead atoms. The Morgan fingerprint density at radius 3 is 1.19 bits per heavy atom. The van der Waals surface area contributed by atoms with Gasteiger partial charge in [-0.1, -0.05) is 140 Å². The minimum atomic E-state index is -0.293. The van der Waals surface area contributed by atoms with Crippen molar-refractivity contribution in [1.29, 1.82) is 0 Å². The first kappa shape index (κ1) is 20.5. The van der Waals surface area contributed by atoms with E-state index < -0.39 is 0 Å². The maximum Gasteiger partial charge on any atom is 0.0725 e. The molecule has 0 amide bonds. The summed E-state index contributed by atoms with van der Waals surface area (Å²) < 4.78 is 0. The van der Waals surface area contributed by atoms with Crippen LogP contribution in [0.25, 0.3) is 44.5 Å². The number of fused-ring (bicyclic) bond motifs is 10. The number of hydrogen-bond donors (Lipinski definition) is 0. The second kappa shape index (κ2) is 7.66. The van der Waals surface area contributed by atoms with Gasteiger partial charge in [0, 0.05) is 0 Å². The number of benzene rings is 6. The number of hydrogen-bond acceptors (Lipinski definition) is 0. The van der Waals surface area contributed by atoms with Gasteiger partial charge < -0.3 is 0 Å². The summed E-state index contributed by atoms with van der Waals surface area (Å²) in [5.74, 6) is 0. The lowest BCUT2D eigenvalue weighted by Gasteiger charge is -2.30. The first-order valence-electron chi connectivity index (χ1n) is 13.0. The molecule has 0 saturated carbocycles. The van der Waals surface area contributed by atoms with Crippen molar-refractivity contribution < 1.29 is 0 Å². The summed E-state index contributed by atoms with van der Waals surface area (Å²) in [5, 5.41) is 0. The fourth-order valence-corrected chi connectivity index (χ4v) is 6.76. The zero-order valence-electron chi connectivity index (χ0n) is 20.4. The van der Waals surface area contributed by atoms with E-state index in [1.807, 2.05) is 0 Å². The topological polar surface area (TPSA) is 0 Å². The van der Waals surface area contributed by atoms with Gasteiger partial charge in [0.25, 0.3) is 0 Å². The van der Waals surface area contributed by atoms with E-state index in [4.69, 9.17) is 0 Å². The first-order chi connectivity index (χ1) is 18.4. The molecule has 6 aromatic rings. The molecule has 8 rings (SSSR count). The Kier molecular flexibility index (Phi) is 4.24. The molecular weight excluding hydrogens is 444 g/mol. The summed E-state index contributed by atoms with van der Waals surface area (Å²) in [7, 11) is 0. The standard InChI is InChI=1S/C37H24/c1-2-10-25(11-3-1)26-18-20-27(21-19-26)28-22-23-32-31-14-6-9-17-35(31)37(36(32)24-28)33-15-7-4-12-29(33)30-13-5-8-16-34(30)37/h1-24H. The highest BCUT2D eigenvalue weighted by Gasteiger charge is 2.51. The fraction of sp³-hybridized carbons (Fsp3) is 0.0270. The van der Waals surface area contributed by atoms with Crippen LogP contribution in [0.2, 0.25) is 0 Å². The second-order valence-corrected chi connectivity index (χ2v) is 10.1. The fourth-order valence-electron chi connectivity index (χ4n) is 6.76. The van der Waals surface area contributed by atoms with Crippen molar-refractivity contribution in [2.24, 2.45) is 0 Å². The van der Waals surface area contributed by atoms with E-state index in [0.29, 0.717) is 0 Å². The van der Waals surface area contributed by atoms with Crippen LogP contribution in [-0.4, -0.2) is 0 Å². The van der Waals surface area contributed by atoms with Crippen LogP contribution in [0.4, 0.5) is 0 Å². The van der Waals surface area contributed by atoms with E-state index in [1.165, 1.54) is 66.8 Å². The highest BCUT2D eigenvalue weighted by molar-refractivity contribution is 5.95. The molecule has 2 aliphatic rings. The van der Waals surface area contributed by atoms with Crippen LogP contribution in [0.5, 0.6) is 0 Å². The van der Waals surface area contributed by atoms with Gasteiger partial charge in [0.2, 0.25) is 0 Å². The number of rotatable bonds is 2. The molecule has 0 atom stereocenters. The van der Waals surface area contributed by atoms with Crippen LogP contribution in [-0.2, 0) is 5.41 Å². The van der Waals surface area contributed by atoms with Crippen molar-refractivity contribution in [2.45, 2.75) is 5.41 Å². The molecule has 0 nitrogen and oxygen atoms in total. The predicted molar refractivity (Wildman–Crippen MR) is 154 cm³/mol. The lowest BCUT2D eigenvalue weighted by atomic mass is 9.70. The summed E-state index contributed by atoms with van der Waals surface area (Å²) in [6, 6.07) is 53.6. The molecule has 0 aromatic heterocycles. The van der Waals surface area contributed by atoms with E-state index in [9.17, 15) is 0 Å². The monoisotopic (exact) mass is 468 g/mol. The van der Waals surface area contributed by atoms with Crippen molar-refractivity contribution in [2.75, 3.05) is 0 Å². The summed E-state index contributed by atoms with van der Waals surface area (Å²) in [6.45, 7) is 0. The highest BCUT2D eigenvalue weighted by atomic mass is 14.5. The van der Waals surface area contributed by atoms with Gasteiger partial charge in [0.05, 0.1) is 5.41 Å². The van der Waals surface area contributed by atoms with Crippen LogP contribution in [0.3, 0.4) is 0 Å². The Bertz CT molecular complexity index is 1740. The largest absolute Gasteiger partial charge is 0.0725 e. The van der Waals surface area contributed by atoms with E-state index >= 15 is 0 Å². The Morgan fingerprint density at radius 2 is 0.649 bits per heavy atom. The van der Waals surface area contributed by atoms with Gasteiger partial charge in [-0.3, -0.25) is 0 Å². The quantitative estimate of drug-likeness (QED) is 0.237. The zero-order valence-corrected chi connectivity index (χ0v) is 20.4. The maximum atomic E-state index is 2.45. The molecule has 37 heavy (non-hydrogen) atoms. The third-order valence-corrected chi connectivity index (χ3v) is 8.32. The van der Waals surface area contributed by atoms with Gasteiger partial charge in [0.15, 0.2) is 0 Å². The predicted octanol–water partition coefficient (Wildman–Crippen LogP) is 9.36. The molecule has 0 saturated heterocycles. The smallest absolute Gasteiger partial charge is 0.0622 e. The molecule has 0 fully saturated rings. The molecule has 0 radical (unpaired) electrons. The Morgan fingerprint density at radius 1 is 0.270 bits per heavy atom. The Balaban J connectivity index is 1.37. The van der Waals surface area contributed by atoms with Crippen molar-refractivity contribution >= 4 is 0 Å². The van der Waals surface area contributed by atoms with Gasteiger partial charge in [-0.25, -0.2) is 0 Å². The van der Waals surface area contributed by atoms with E-state index in [2.05, 4.69) is 146 Å². The van der Waals surface area contributed by atoms with Crippen LogP contribution >= 0.6 is 0 Å². The molecule has 6 aromatic carbocycles. The molecule has 0 heteroatoms. The summed E-state index contributed by atoms with van der Waals surface area (Å²) in [5.41, 5.74) is 15.6. The van der Waals surface area contributed by atoms with Crippen molar-refractivity contribution in [3.05, 3.63) is 168 Å². The van der Waals surface area contributed by atoms with Gasteiger partial charge in [-0.2, -0.15) is 0 Å². The summed E-state index contributed by atoms with van der Waals surface area (Å²) >= 11 is 0. The second-order valence-electron chi connectivity index (χ2n) is 10.1. The highest BCUT2D eigenvalue weighted by Crippen LogP contribution is 2.62. The normalized spacial score (nSPS) is 13.6. The van der Waals surface area contributed by atoms with Crippen LogP contribution < -0.4 is 0 Å². The first-order valence-corrected chi connectivity index (χ1v) is 13.0. The van der Waals surface area contributed by atoms with Gasteiger partial charge in [-0.15, -0.1) is 0 Å². The third kappa shape index (κ3) is 2.73. The Hall–Kier alpha value is -4.68. The average molecular weight is 469 g/mol. The lowest BCUT2D eigenvalue weighted by Crippen LogP contribution is -2.25. The van der Waals surface area contributed by atoms with Crippen LogP contribution in [0.15, 0.2) is 146 Å². The van der Waals surface area contributed by atoms with Crippen molar-refractivity contribution in [1.82, 2.24) is 0 Å². The van der Waals surface area contributed by atoms with Gasteiger partial charge in [0.1, 0.15) is 0 Å². The zero-order chi connectivity index (χ0) is 24.4. The average Bonchev–Trinajstić information content (AvgIpc) is 3.45. The molecule has 0 unspecified atom stereocenters. The van der Waals surface area contributed by atoms with Gasteiger partial charge in [-0.05, 0) is 72.8 Å². The SMILES string of the molecule is c1ccc(-c2ccc(-c3ccc4c(c3)C3(c5ccccc5-c5ccccc53)c3ccccc3-4)cc2)cc1. The third-order valence-electron chi connectivity index (χ3n) is 8.32. The molecule has 172 valence electrons. The minimum Gasteiger partial charge on any atom is -0.0622 e. The molecule has 1 spiro atoms. The van der Waals surface area contributed by atoms with E-state index in [-0.39, 0.29) is 5.41 Å². The summed E-state index contributed by atoms with van der Waals surface area (Å²) in [6.07, 6.45) is 0. The Labute approximate surface area is 217 Å². The summed E-state index contributed by atoms with van der Waals surface area (Å²) in [4.78, 5) is 0. The van der Waals surface area contributed by atoms with Crippen molar-refractivity contribution in [3.63, 3.8) is 0 Å². The van der Waals surface area contributed by atoms with E-state index in [0.717, 1.165) is 0 Å². The molecule has 0 heterocycles. The minimum absolute atomic E-state index is 0.293. The van der Waals surface area contributed by atoms with Gasteiger partial charge >= 0.3 is 0 Å². The van der Waals surface area contributed by atoms with E-state index in [1.54, 1.807) is 0 Å². The maximum absolute atomic E-state index is 2.45. The molecule has 0 aliphatic heterocycles. The molecular formula is C37H24. The van der Waals surface area contributed by atoms with Crippen LogP contribution in [0, 0.1) is 0 Å². The molecule has 2 aliphatic carbocycles.